The lowest BCUT2D eigenvalue weighted by Crippen LogP contribution is -2.14. The average Bonchev–Trinajstić information content (AvgIpc) is 3.15. The van der Waals surface area contributed by atoms with Gasteiger partial charge in [0.1, 0.15) is 11.5 Å². The van der Waals surface area contributed by atoms with E-state index in [-0.39, 0.29) is 11.4 Å². The molecule has 1 aromatic heterocycles. The van der Waals surface area contributed by atoms with Crippen molar-refractivity contribution in [2.24, 2.45) is 0 Å². The molecule has 3 N–H and O–H groups in total. The van der Waals surface area contributed by atoms with Crippen LogP contribution >= 0.6 is 0 Å². The SMILES string of the molecule is C=CC(=O)Nc1cc(NC(=O)c2cc(-c3ccccc3)n[nH]2)ccc1F. The summed E-state index contributed by atoms with van der Waals surface area (Å²) in [5, 5.41) is 11.8. The van der Waals surface area contributed by atoms with E-state index in [1.165, 1.54) is 12.1 Å². The first-order chi connectivity index (χ1) is 12.6. The summed E-state index contributed by atoms with van der Waals surface area (Å²) in [6.07, 6.45) is 1.03. The van der Waals surface area contributed by atoms with E-state index in [9.17, 15) is 14.0 Å². The van der Waals surface area contributed by atoms with E-state index in [0.29, 0.717) is 11.4 Å². The number of benzene rings is 2. The fourth-order valence-corrected chi connectivity index (χ4v) is 2.28. The lowest BCUT2D eigenvalue weighted by molar-refractivity contribution is -0.111. The number of carbonyl (C=O) groups is 2. The van der Waals surface area contributed by atoms with Crippen molar-refractivity contribution in [3.8, 4) is 11.3 Å². The van der Waals surface area contributed by atoms with Crippen LogP contribution in [0, 0.1) is 5.82 Å². The number of halogens is 1. The van der Waals surface area contributed by atoms with Gasteiger partial charge in [-0.25, -0.2) is 4.39 Å². The molecule has 0 bridgehead atoms. The zero-order chi connectivity index (χ0) is 18.5. The van der Waals surface area contributed by atoms with Gasteiger partial charge in [-0.3, -0.25) is 14.7 Å². The Kier molecular flexibility index (Phi) is 4.89. The molecule has 0 aliphatic rings. The van der Waals surface area contributed by atoms with Crippen molar-refractivity contribution in [2.45, 2.75) is 0 Å². The molecule has 0 unspecified atom stereocenters. The molecule has 26 heavy (non-hydrogen) atoms. The molecule has 0 saturated heterocycles. The average molecular weight is 350 g/mol. The van der Waals surface area contributed by atoms with Crippen LogP contribution in [0.4, 0.5) is 15.8 Å². The third-order valence-electron chi connectivity index (χ3n) is 3.56. The van der Waals surface area contributed by atoms with Gasteiger partial charge in [-0.15, -0.1) is 0 Å². The van der Waals surface area contributed by atoms with Crippen molar-refractivity contribution in [2.75, 3.05) is 10.6 Å². The quantitative estimate of drug-likeness (QED) is 0.615. The maximum atomic E-state index is 13.7. The van der Waals surface area contributed by atoms with Crippen molar-refractivity contribution in [1.29, 1.82) is 0 Å². The molecular weight excluding hydrogens is 335 g/mol. The number of H-pyrrole nitrogens is 1. The Morgan fingerprint density at radius 3 is 2.58 bits per heavy atom. The first kappa shape index (κ1) is 17.1. The summed E-state index contributed by atoms with van der Waals surface area (Å²) >= 11 is 0. The summed E-state index contributed by atoms with van der Waals surface area (Å²) in [6, 6.07) is 14.9. The fourth-order valence-electron chi connectivity index (χ4n) is 2.28. The van der Waals surface area contributed by atoms with Crippen molar-refractivity contribution in [3.63, 3.8) is 0 Å². The highest BCUT2D eigenvalue weighted by Crippen LogP contribution is 2.21. The second-order valence-corrected chi connectivity index (χ2v) is 5.38. The Morgan fingerprint density at radius 2 is 1.85 bits per heavy atom. The fraction of sp³-hybridized carbons (Fsp3) is 0. The highest BCUT2D eigenvalue weighted by molar-refractivity contribution is 6.04. The Bertz CT molecular complexity index is 967. The third-order valence-corrected chi connectivity index (χ3v) is 3.56. The van der Waals surface area contributed by atoms with Gasteiger partial charge < -0.3 is 10.6 Å². The van der Waals surface area contributed by atoms with E-state index < -0.39 is 17.6 Å². The van der Waals surface area contributed by atoms with Gasteiger partial charge in [-0.2, -0.15) is 5.10 Å². The Labute approximate surface area is 148 Å². The molecule has 0 radical (unpaired) electrons. The number of carbonyl (C=O) groups excluding carboxylic acids is 2. The standard InChI is InChI=1S/C19H15FN4O2/c1-2-18(25)22-16-10-13(8-9-14(16)20)21-19(26)17-11-15(23-24-17)12-6-4-3-5-7-12/h2-11H,1H2,(H,21,26)(H,22,25)(H,23,24). The molecule has 0 fully saturated rings. The van der Waals surface area contributed by atoms with E-state index in [0.717, 1.165) is 17.7 Å². The first-order valence-corrected chi connectivity index (χ1v) is 7.72. The molecule has 0 atom stereocenters. The smallest absolute Gasteiger partial charge is 0.273 e. The van der Waals surface area contributed by atoms with Crippen LogP contribution in [0.5, 0.6) is 0 Å². The van der Waals surface area contributed by atoms with Gasteiger partial charge in [-0.05, 0) is 30.3 Å². The zero-order valence-corrected chi connectivity index (χ0v) is 13.6. The summed E-state index contributed by atoms with van der Waals surface area (Å²) in [6.45, 7) is 3.31. The number of nitrogens with one attached hydrogen (secondary N) is 3. The number of rotatable bonds is 5. The molecule has 7 heteroatoms. The van der Waals surface area contributed by atoms with Crippen molar-refractivity contribution in [3.05, 3.63) is 78.8 Å². The van der Waals surface area contributed by atoms with Crippen LogP contribution in [-0.2, 0) is 4.79 Å². The van der Waals surface area contributed by atoms with Crippen molar-refractivity contribution >= 4 is 23.2 Å². The van der Waals surface area contributed by atoms with Gasteiger partial charge in [0, 0.05) is 11.3 Å². The Hall–Kier alpha value is -3.74. The molecule has 2 amide bonds. The molecule has 0 aliphatic heterocycles. The van der Waals surface area contributed by atoms with Crippen LogP contribution in [0.1, 0.15) is 10.5 Å². The number of hydrogen-bond donors (Lipinski definition) is 3. The lowest BCUT2D eigenvalue weighted by atomic mass is 10.1. The first-order valence-electron chi connectivity index (χ1n) is 7.72. The number of anilines is 2. The molecule has 3 rings (SSSR count). The van der Waals surface area contributed by atoms with Crippen molar-refractivity contribution < 1.29 is 14.0 Å². The minimum Gasteiger partial charge on any atom is -0.321 e. The number of aromatic amines is 1. The van der Waals surface area contributed by atoms with Gasteiger partial charge in [0.15, 0.2) is 0 Å². The Balaban J connectivity index is 1.76. The van der Waals surface area contributed by atoms with Crippen LogP contribution in [0.3, 0.4) is 0 Å². The number of amides is 2. The lowest BCUT2D eigenvalue weighted by Gasteiger charge is -2.08. The van der Waals surface area contributed by atoms with E-state index in [4.69, 9.17) is 0 Å². The molecule has 130 valence electrons. The third kappa shape index (κ3) is 3.84. The topological polar surface area (TPSA) is 86.9 Å². The summed E-state index contributed by atoms with van der Waals surface area (Å²) < 4.78 is 13.7. The van der Waals surface area contributed by atoms with Gasteiger partial charge in [0.2, 0.25) is 5.91 Å². The molecule has 0 spiro atoms. The summed E-state index contributed by atoms with van der Waals surface area (Å²) in [5.74, 6) is -1.60. The highest BCUT2D eigenvalue weighted by atomic mass is 19.1. The van der Waals surface area contributed by atoms with E-state index in [1.807, 2.05) is 30.3 Å². The molecule has 1 heterocycles. The summed E-state index contributed by atoms with van der Waals surface area (Å²) in [7, 11) is 0. The van der Waals surface area contributed by atoms with Crippen LogP contribution < -0.4 is 10.6 Å². The number of hydrogen-bond acceptors (Lipinski definition) is 3. The van der Waals surface area contributed by atoms with Gasteiger partial charge in [-0.1, -0.05) is 36.9 Å². The largest absolute Gasteiger partial charge is 0.321 e. The zero-order valence-electron chi connectivity index (χ0n) is 13.6. The molecule has 0 aliphatic carbocycles. The molecule has 2 aromatic carbocycles. The predicted octanol–water partition coefficient (Wildman–Crippen LogP) is 3.59. The van der Waals surface area contributed by atoms with Gasteiger partial charge >= 0.3 is 0 Å². The molecular formula is C19H15FN4O2. The Morgan fingerprint density at radius 1 is 1.08 bits per heavy atom. The maximum Gasteiger partial charge on any atom is 0.273 e. The monoisotopic (exact) mass is 350 g/mol. The molecule has 0 saturated carbocycles. The minimum absolute atomic E-state index is 0.0534. The molecule has 6 nitrogen and oxygen atoms in total. The van der Waals surface area contributed by atoms with Gasteiger partial charge in [0.25, 0.3) is 5.91 Å². The second-order valence-electron chi connectivity index (χ2n) is 5.38. The highest BCUT2D eigenvalue weighted by Gasteiger charge is 2.13. The summed E-state index contributed by atoms with van der Waals surface area (Å²) in [5.41, 5.74) is 2.03. The van der Waals surface area contributed by atoms with Crippen LogP contribution in [0.25, 0.3) is 11.3 Å². The van der Waals surface area contributed by atoms with Crippen LogP contribution in [-0.4, -0.2) is 22.0 Å². The van der Waals surface area contributed by atoms with Crippen LogP contribution in [0.2, 0.25) is 0 Å². The number of aromatic nitrogens is 2. The van der Waals surface area contributed by atoms with E-state index >= 15 is 0 Å². The van der Waals surface area contributed by atoms with E-state index in [1.54, 1.807) is 6.07 Å². The molecule has 3 aromatic rings. The second kappa shape index (κ2) is 7.43. The van der Waals surface area contributed by atoms with Crippen molar-refractivity contribution in [1.82, 2.24) is 10.2 Å². The van der Waals surface area contributed by atoms with E-state index in [2.05, 4.69) is 27.4 Å². The minimum atomic E-state index is -0.619. The predicted molar refractivity (Wildman–Crippen MR) is 97.2 cm³/mol. The normalized spacial score (nSPS) is 10.2. The van der Waals surface area contributed by atoms with Crippen LogP contribution in [0.15, 0.2) is 67.3 Å². The summed E-state index contributed by atoms with van der Waals surface area (Å²) in [4.78, 5) is 23.7. The maximum absolute atomic E-state index is 13.7. The number of nitrogens with zero attached hydrogens (tertiary/aromatic N) is 1. The van der Waals surface area contributed by atoms with Gasteiger partial charge in [0.05, 0.1) is 11.4 Å².